The van der Waals surface area contributed by atoms with Gasteiger partial charge in [-0.1, -0.05) is 31.9 Å². The van der Waals surface area contributed by atoms with E-state index in [1.165, 1.54) is 7.11 Å². The molecular formula is C14H20N2O3. The molecule has 19 heavy (non-hydrogen) atoms. The average molecular weight is 264 g/mol. The van der Waals surface area contributed by atoms with Crippen molar-refractivity contribution in [1.82, 2.24) is 10.9 Å². The number of methoxy groups -OCH3 is 1. The number of hydrogen-bond donors (Lipinski definition) is 2. The van der Waals surface area contributed by atoms with Gasteiger partial charge in [0.05, 0.1) is 12.7 Å². The fourth-order valence-corrected chi connectivity index (χ4v) is 1.62. The normalized spacial score (nSPS) is 9.79. The van der Waals surface area contributed by atoms with Gasteiger partial charge in [-0.15, -0.1) is 0 Å². The second-order valence-corrected chi connectivity index (χ2v) is 4.16. The van der Waals surface area contributed by atoms with E-state index < -0.39 is 0 Å². The molecule has 0 saturated carbocycles. The first kappa shape index (κ1) is 15.0. The molecule has 0 bridgehead atoms. The fraction of sp³-hybridized carbons (Fsp3) is 0.429. The van der Waals surface area contributed by atoms with Crippen LogP contribution in [0, 0.1) is 0 Å². The maximum Gasteiger partial charge on any atom is 0.273 e. The first-order valence-electron chi connectivity index (χ1n) is 6.41. The lowest BCUT2D eigenvalue weighted by Gasteiger charge is -2.10. The number of para-hydroxylation sites is 1. The van der Waals surface area contributed by atoms with Gasteiger partial charge in [0.15, 0.2) is 0 Å². The molecule has 104 valence electrons. The Kier molecular flexibility index (Phi) is 6.43. The molecule has 0 unspecified atom stereocenters. The van der Waals surface area contributed by atoms with Crippen molar-refractivity contribution in [3.8, 4) is 5.75 Å². The van der Waals surface area contributed by atoms with E-state index in [9.17, 15) is 9.59 Å². The number of amides is 2. The van der Waals surface area contributed by atoms with E-state index in [-0.39, 0.29) is 11.8 Å². The summed E-state index contributed by atoms with van der Waals surface area (Å²) in [5, 5.41) is 0. The molecule has 0 radical (unpaired) electrons. The Morgan fingerprint density at radius 1 is 1.16 bits per heavy atom. The summed E-state index contributed by atoms with van der Waals surface area (Å²) in [7, 11) is 1.50. The summed E-state index contributed by atoms with van der Waals surface area (Å²) in [5.41, 5.74) is 5.17. The third kappa shape index (κ3) is 4.99. The predicted molar refractivity (Wildman–Crippen MR) is 72.7 cm³/mol. The number of ether oxygens (including phenoxy) is 1. The van der Waals surface area contributed by atoms with E-state index in [1.807, 2.05) is 0 Å². The molecule has 1 aromatic rings. The summed E-state index contributed by atoms with van der Waals surface area (Å²) < 4.78 is 5.08. The van der Waals surface area contributed by atoms with Crippen LogP contribution in [0.25, 0.3) is 0 Å². The van der Waals surface area contributed by atoms with Gasteiger partial charge < -0.3 is 4.74 Å². The molecule has 0 fully saturated rings. The van der Waals surface area contributed by atoms with Crippen LogP contribution < -0.4 is 15.6 Å². The van der Waals surface area contributed by atoms with Gasteiger partial charge in [-0.05, 0) is 18.6 Å². The van der Waals surface area contributed by atoms with Crippen molar-refractivity contribution in [2.75, 3.05) is 7.11 Å². The number of carbonyl (C=O) groups excluding carboxylic acids is 2. The molecule has 5 nitrogen and oxygen atoms in total. The largest absolute Gasteiger partial charge is 0.496 e. The molecule has 0 aliphatic heterocycles. The van der Waals surface area contributed by atoms with Crippen LogP contribution in [-0.4, -0.2) is 18.9 Å². The Labute approximate surface area is 113 Å². The Balaban J connectivity index is 2.44. The summed E-state index contributed by atoms with van der Waals surface area (Å²) in [6.45, 7) is 2.07. The molecule has 0 atom stereocenters. The van der Waals surface area contributed by atoms with Gasteiger partial charge in [-0.25, -0.2) is 0 Å². The third-order valence-corrected chi connectivity index (χ3v) is 2.67. The molecule has 0 heterocycles. The molecule has 1 rings (SSSR count). The van der Waals surface area contributed by atoms with Crippen LogP contribution in [0.15, 0.2) is 24.3 Å². The van der Waals surface area contributed by atoms with E-state index in [1.54, 1.807) is 24.3 Å². The highest BCUT2D eigenvalue weighted by Gasteiger charge is 2.11. The van der Waals surface area contributed by atoms with Crippen molar-refractivity contribution in [1.29, 1.82) is 0 Å². The number of carbonyl (C=O) groups is 2. The summed E-state index contributed by atoms with van der Waals surface area (Å²) in [6.07, 6.45) is 3.31. The second-order valence-electron chi connectivity index (χ2n) is 4.16. The predicted octanol–water partition coefficient (Wildman–Crippen LogP) is 2.04. The lowest BCUT2D eigenvalue weighted by molar-refractivity contribution is -0.121. The zero-order valence-corrected chi connectivity index (χ0v) is 11.4. The van der Waals surface area contributed by atoms with Gasteiger partial charge in [0, 0.05) is 6.42 Å². The number of hydrogen-bond acceptors (Lipinski definition) is 3. The van der Waals surface area contributed by atoms with E-state index >= 15 is 0 Å². The summed E-state index contributed by atoms with van der Waals surface area (Å²) in [6, 6.07) is 6.84. The number of nitrogens with one attached hydrogen (secondary N) is 2. The van der Waals surface area contributed by atoms with Crippen molar-refractivity contribution >= 4 is 11.8 Å². The van der Waals surface area contributed by atoms with E-state index in [2.05, 4.69) is 17.8 Å². The van der Waals surface area contributed by atoms with Crippen molar-refractivity contribution in [3.05, 3.63) is 29.8 Å². The van der Waals surface area contributed by atoms with Gasteiger partial charge in [0.2, 0.25) is 5.91 Å². The Morgan fingerprint density at radius 2 is 1.89 bits per heavy atom. The molecule has 0 aromatic heterocycles. The molecule has 0 saturated heterocycles. The number of unbranched alkanes of at least 4 members (excludes halogenated alkanes) is 2. The fourth-order valence-electron chi connectivity index (χ4n) is 1.62. The average Bonchev–Trinajstić information content (AvgIpc) is 2.45. The minimum atomic E-state index is -0.388. The van der Waals surface area contributed by atoms with Gasteiger partial charge in [-0.2, -0.15) is 0 Å². The maximum atomic E-state index is 11.9. The van der Waals surface area contributed by atoms with Crippen LogP contribution in [0.5, 0.6) is 5.75 Å². The van der Waals surface area contributed by atoms with Crippen LogP contribution in [0.4, 0.5) is 0 Å². The van der Waals surface area contributed by atoms with Crippen molar-refractivity contribution < 1.29 is 14.3 Å². The maximum absolute atomic E-state index is 11.9. The number of rotatable bonds is 6. The van der Waals surface area contributed by atoms with E-state index in [0.717, 1.165) is 19.3 Å². The lowest BCUT2D eigenvalue weighted by Crippen LogP contribution is -2.41. The quantitative estimate of drug-likeness (QED) is 0.610. The summed E-state index contributed by atoms with van der Waals surface area (Å²) in [4.78, 5) is 23.3. The van der Waals surface area contributed by atoms with Gasteiger partial charge in [0.1, 0.15) is 5.75 Å². The minimum absolute atomic E-state index is 0.184. The second kappa shape index (κ2) is 8.13. The Morgan fingerprint density at radius 3 is 2.58 bits per heavy atom. The molecule has 0 spiro atoms. The lowest BCUT2D eigenvalue weighted by atomic mass is 10.2. The summed E-state index contributed by atoms with van der Waals surface area (Å²) >= 11 is 0. The number of hydrazine groups is 1. The Hall–Kier alpha value is -2.04. The smallest absolute Gasteiger partial charge is 0.273 e. The molecule has 2 N–H and O–H groups in total. The zero-order chi connectivity index (χ0) is 14.1. The molecule has 0 aliphatic carbocycles. The van der Waals surface area contributed by atoms with Crippen LogP contribution in [0.2, 0.25) is 0 Å². The van der Waals surface area contributed by atoms with Crippen LogP contribution >= 0.6 is 0 Å². The van der Waals surface area contributed by atoms with Crippen molar-refractivity contribution in [3.63, 3.8) is 0 Å². The first-order valence-corrected chi connectivity index (χ1v) is 6.41. The molecular weight excluding hydrogens is 244 g/mol. The van der Waals surface area contributed by atoms with Gasteiger partial charge in [0.25, 0.3) is 5.91 Å². The number of benzene rings is 1. The monoisotopic (exact) mass is 264 g/mol. The highest BCUT2D eigenvalue weighted by Crippen LogP contribution is 2.16. The van der Waals surface area contributed by atoms with Crippen LogP contribution in [0.3, 0.4) is 0 Å². The zero-order valence-electron chi connectivity index (χ0n) is 11.4. The molecule has 5 heteroatoms. The van der Waals surface area contributed by atoms with Gasteiger partial charge >= 0.3 is 0 Å². The first-order chi connectivity index (χ1) is 9.19. The topological polar surface area (TPSA) is 67.4 Å². The van der Waals surface area contributed by atoms with Crippen LogP contribution in [0.1, 0.15) is 43.0 Å². The highest BCUT2D eigenvalue weighted by molar-refractivity contribution is 5.97. The van der Waals surface area contributed by atoms with Crippen molar-refractivity contribution in [2.45, 2.75) is 32.6 Å². The molecule has 2 amide bonds. The van der Waals surface area contributed by atoms with Crippen molar-refractivity contribution in [2.24, 2.45) is 0 Å². The SMILES string of the molecule is CCCCCC(=O)NNC(=O)c1ccccc1OC. The third-order valence-electron chi connectivity index (χ3n) is 2.67. The standard InChI is InChI=1S/C14H20N2O3/c1-3-4-5-10-13(17)15-16-14(18)11-8-6-7-9-12(11)19-2/h6-9H,3-5,10H2,1-2H3,(H,15,17)(H,16,18). The van der Waals surface area contributed by atoms with Gasteiger partial charge in [-0.3, -0.25) is 20.4 Å². The Bertz CT molecular complexity index is 432. The van der Waals surface area contributed by atoms with E-state index in [4.69, 9.17) is 4.74 Å². The molecule has 0 aliphatic rings. The van der Waals surface area contributed by atoms with E-state index in [0.29, 0.717) is 17.7 Å². The minimum Gasteiger partial charge on any atom is -0.496 e. The van der Waals surface area contributed by atoms with Crippen LogP contribution in [-0.2, 0) is 4.79 Å². The summed E-state index contributed by atoms with van der Waals surface area (Å²) in [5.74, 6) is -0.0989. The highest BCUT2D eigenvalue weighted by atomic mass is 16.5. The molecule has 1 aromatic carbocycles.